The Morgan fingerprint density at radius 1 is 1.31 bits per heavy atom. The van der Waals surface area contributed by atoms with Crippen LogP contribution in [0.2, 0.25) is 0 Å². The van der Waals surface area contributed by atoms with E-state index in [4.69, 9.17) is 0 Å². The first-order valence-electron chi connectivity index (χ1n) is 6.27. The minimum absolute atomic E-state index is 0.777. The quantitative estimate of drug-likeness (QED) is 0.849. The average Bonchev–Trinajstić information content (AvgIpc) is 2.28. The normalized spacial score (nSPS) is 25.4. The Morgan fingerprint density at radius 3 is 2.75 bits per heavy atom. The van der Waals surface area contributed by atoms with Crippen LogP contribution in [0, 0.1) is 18.8 Å². The van der Waals surface area contributed by atoms with Crippen molar-refractivity contribution in [1.29, 1.82) is 0 Å². The Labute approximate surface area is 97.7 Å². The van der Waals surface area contributed by atoms with E-state index in [-0.39, 0.29) is 0 Å². The van der Waals surface area contributed by atoms with E-state index in [1.54, 1.807) is 0 Å². The second kappa shape index (κ2) is 5.28. The predicted molar refractivity (Wildman–Crippen MR) is 66.4 cm³/mol. The first kappa shape index (κ1) is 11.4. The predicted octanol–water partition coefficient (Wildman–Crippen LogP) is 3.02. The molecule has 1 N–H and O–H groups in total. The van der Waals surface area contributed by atoms with E-state index in [1.165, 1.54) is 25.7 Å². The molecule has 88 valence electrons. The lowest BCUT2D eigenvalue weighted by Gasteiger charge is -2.26. The second-order valence-corrected chi connectivity index (χ2v) is 5.03. The molecule has 1 heterocycles. The number of anilines is 1. The van der Waals surface area contributed by atoms with E-state index in [0.29, 0.717) is 0 Å². The molecule has 0 aromatic carbocycles. The molecule has 1 aliphatic rings. The molecule has 0 spiro atoms. The van der Waals surface area contributed by atoms with Gasteiger partial charge in [-0.25, -0.2) is 9.97 Å². The molecule has 2 rings (SSSR count). The Hall–Kier alpha value is -1.12. The summed E-state index contributed by atoms with van der Waals surface area (Å²) in [6.45, 7) is 5.37. The second-order valence-electron chi connectivity index (χ2n) is 5.03. The largest absolute Gasteiger partial charge is 0.354 e. The van der Waals surface area contributed by atoms with Crippen molar-refractivity contribution in [2.45, 2.75) is 39.5 Å². The van der Waals surface area contributed by atoms with Crippen molar-refractivity contribution in [2.75, 3.05) is 11.9 Å². The van der Waals surface area contributed by atoms with Gasteiger partial charge in [-0.05, 0) is 37.7 Å². The van der Waals surface area contributed by atoms with Crippen LogP contribution in [0.25, 0.3) is 0 Å². The third-order valence-corrected chi connectivity index (χ3v) is 3.48. The van der Waals surface area contributed by atoms with Gasteiger partial charge in [0, 0.05) is 18.4 Å². The fourth-order valence-corrected chi connectivity index (χ4v) is 2.30. The van der Waals surface area contributed by atoms with Crippen LogP contribution in [-0.2, 0) is 0 Å². The van der Waals surface area contributed by atoms with E-state index in [1.807, 2.05) is 19.2 Å². The Morgan fingerprint density at radius 2 is 2.06 bits per heavy atom. The van der Waals surface area contributed by atoms with Gasteiger partial charge >= 0.3 is 0 Å². The van der Waals surface area contributed by atoms with E-state index < -0.39 is 0 Å². The smallest absolute Gasteiger partial charge is 0.222 e. The van der Waals surface area contributed by atoms with Crippen LogP contribution in [0.3, 0.4) is 0 Å². The number of nitrogens with one attached hydrogen (secondary N) is 1. The van der Waals surface area contributed by atoms with Crippen LogP contribution >= 0.6 is 0 Å². The molecule has 0 radical (unpaired) electrons. The summed E-state index contributed by atoms with van der Waals surface area (Å²) in [6, 6.07) is 1.92. The van der Waals surface area contributed by atoms with E-state index in [0.717, 1.165) is 30.0 Å². The van der Waals surface area contributed by atoms with Gasteiger partial charge in [-0.15, -0.1) is 0 Å². The topological polar surface area (TPSA) is 37.8 Å². The summed E-state index contributed by atoms with van der Waals surface area (Å²) < 4.78 is 0. The van der Waals surface area contributed by atoms with Crippen LogP contribution in [0.1, 0.15) is 38.3 Å². The molecule has 0 bridgehead atoms. The highest BCUT2D eigenvalue weighted by atomic mass is 15.1. The molecular weight excluding hydrogens is 198 g/mol. The van der Waals surface area contributed by atoms with Gasteiger partial charge in [0.05, 0.1) is 0 Å². The van der Waals surface area contributed by atoms with Crippen molar-refractivity contribution in [3.63, 3.8) is 0 Å². The standard InChI is InChI=1S/C13H21N3/c1-10-3-5-12(6-4-10)9-15-13-14-8-7-11(2)16-13/h7-8,10,12H,3-6,9H2,1-2H3,(H,14,15,16). The highest BCUT2D eigenvalue weighted by molar-refractivity contribution is 5.24. The van der Waals surface area contributed by atoms with Gasteiger partial charge in [-0.2, -0.15) is 0 Å². The van der Waals surface area contributed by atoms with Crippen LogP contribution in [0.5, 0.6) is 0 Å². The van der Waals surface area contributed by atoms with Crippen molar-refractivity contribution in [2.24, 2.45) is 11.8 Å². The fourth-order valence-electron chi connectivity index (χ4n) is 2.30. The van der Waals surface area contributed by atoms with E-state index in [9.17, 15) is 0 Å². The summed E-state index contributed by atoms with van der Waals surface area (Å²) in [7, 11) is 0. The molecule has 0 amide bonds. The van der Waals surface area contributed by atoms with Crippen molar-refractivity contribution in [3.05, 3.63) is 18.0 Å². The lowest BCUT2D eigenvalue weighted by atomic mass is 9.83. The third kappa shape index (κ3) is 3.19. The minimum Gasteiger partial charge on any atom is -0.354 e. The Balaban J connectivity index is 1.79. The van der Waals surface area contributed by atoms with Crippen LogP contribution in [-0.4, -0.2) is 16.5 Å². The number of aromatic nitrogens is 2. The maximum atomic E-state index is 4.35. The summed E-state index contributed by atoms with van der Waals surface area (Å²) in [6.07, 6.45) is 7.26. The highest BCUT2D eigenvalue weighted by Crippen LogP contribution is 2.28. The summed E-state index contributed by atoms with van der Waals surface area (Å²) in [4.78, 5) is 8.57. The number of hydrogen-bond acceptors (Lipinski definition) is 3. The van der Waals surface area contributed by atoms with Gasteiger partial charge in [0.15, 0.2) is 0 Å². The number of nitrogens with zero attached hydrogens (tertiary/aromatic N) is 2. The SMILES string of the molecule is Cc1ccnc(NCC2CCC(C)CC2)n1. The fraction of sp³-hybridized carbons (Fsp3) is 0.692. The van der Waals surface area contributed by atoms with Crippen molar-refractivity contribution in [1.82, 2.24) is 9.97 Å². The molecule has 1 fully saturated rings. The zero-order valence-electron chi connectivity index (χ0n) is 10.2. The molecule has 1 aliphatic carbocycles. The number of hydrogen-bond donors (Lipinski definition) is 1. The number of aryl methyl sites for hydroxylation is 1. The lowest BCUT2D eigenvalue weighted by Crippen LogP contribution is -2.21. The van der Waals surface area contributed by atoms with Gasteiger partial charge in [0.2, 0.25) is 5.95 Å². The maximum absolute atomic E-state index is 4.35. The summed E-state index contributed by atoms with van der Waals surface area (Å²) >= 11 is 0. The van der Waals surface area contributed by atoms with Gasteiger partial charge in [-0.3, -0.25) is 0 Å². The zero-order valence-corrected chi connectivity index (χ0v) is 10.2. The summed E-state index contributed by atoms with van der Waals surface area (Å²) in [5, 5.41) is 3.35. The first-order chi connectivity index (χ1) is 7.74. The molecule has 0 atom stereocenters. The van der Waals surface area contributed by atoms with Gasteiger partial charge in [0.25, 0.3) is 0 Å². The molecular formula is C13H21N3. The molecule has 3 nitrogen and oxygen atoms in total. The lowest BCUT2D eigenvalue weighted by molar-refractivity contribution is 0.300. The zero-order chi connectivity index (χ0) is 11.4. The molecule has 1 aromatic heterocycles. The summed E-state index contributed by atoms with van der Waals surface area (Å²) in [5.41, 5.74) is 1.02. The molecule has 0 aliphatic heterocycles. The number of rotatable bonds is 3. The summed E-state index contributed by atoms with van der Waals surface area (Å²) in [5.74, 6) is 2.51. The average molecular weight is 219 g/mol. The van der Waals surface area contributed by atoms with Crippen molar-refractivity contribution < 1.29 is 0 Å². The molecule has 1 saturated carbocycles. The van der Waals surface area contributed by atoms with Crippen LogP contribution in [0.4, 0.5) is 5.95 Å². The van der Waals surface area contributed by atoms with E-state index >= 15 is 0 Å². The first-order valence-corrected chi connectivity index (χ1v) is 6.27. The van der Waals surface area contributed by atoms with Crippen LogP contribution < -0.4 is 5.32 Å². The third-order valence-electron chi connectivity index (χ3n) is 3.48. The highest BCUT2D eigenvalue weighted by Gasteiger charge is 2.17. The van der Waals surface area contributed by atoms with Crippen molar-refractivity contribution in [3.8, 4) is 0 Å². The monoisotopic (exact) mass is 219 g/mol. The van der Waals surface area contributed by atoms with Gasteiger partial charge in [0.1, 0.15) is 0 Å². The Kier molecular flexibility index (Phi) is 3.75. The minimum atomic E-state index is 0.777. The van der Waals surface area contributed by atoms with Crippen LogP contribution in [0.15, 0.2) is 12.3 Å². The Bertz CT molecular complexity index is 330. The molecule has 3 heteroatoms. The molecule has 0 saturated heterocycles. The maximum Gasteiger partial charge on any atom is 0.222 e. The van der Waals surface area contributed by atoms with Gasteiger partial charge < -0.3 is 5.32 Å². The van der Waals surface area contributed by atoms with Gasteiger partial charge in [-0.1, -0.05) is 19.8 Å². The van der Waals surface area contributed by atoms with Crippen molar-refractivity contribution >= 4 is 5.95 Å². The molecule has 16 heavy (non-hydrogen) atoms. The van der Waals surface area contributed by atoms with E-state index in [2.05, 4.69) is 22.2 Å². The molecule has 1 aromatic rings. The molecule has 0 unspecified atom stereocenters.